The van der Waals surface area contributed by atoms with E-state index in [1.807, 2.05) is 0 Å². The van der Waals surface area contributed by atoms with Gasteiger partial charge < -0.3 is 14.2 Å². The van der Waals surface area contributed by atoms with E-state index in [-0.39, 0.29) is 24.4 Å². The summed E-state index contributed by atoms with van der Waals surface area (Å²) >= 11 is 13.6. The van der Waals surface area contributed by atoms with Crippen molar-refractivity contribution in [3.63, 3.8) is 0 Å². The quantitative estimate of drug-likeness (QED) is 0.336. The molecule has 0 saturated carbocycles. The highest BCUT2D eigenvalue weighted by atomic mass is 79.9. The summed E-state index contributed by atoms with van der Waals surface area (Å²) in [6.45, 7) is 0. The highest BCUT2D eigenvalue weighted by Gasteiger charge is 2.61. The van der Waals surface area contributed by atoms with Crippen molar-refractivity contribution in [2.24, 2.45) is 0 Å². The van der Waals surface area contributed by atoms with Crippen molar-refractivity contribution in [3.8, 4) is 12.1 Å². The van der Waals surface area contributed by atoms with E-state index in [0.717, 1.165) is 0 Å². The van der Waals surface area contributed by atoms with Crippen LogP contribution in [0, 0.1) is 22.7 Å². The molecule has 4 atom stereocenters. The van der Waals surface area contributed by atoms with Crippen LogP contribution < -0.4 is 0 Å². The second-order valence-electron chi connectivity index (χ2n) is 4.81. The van der Waals surface area contributed by atoms with Gasteiger partial charge in [-0.25, -0.2) is 0 Å². The molecule has 9 heteroatoms. The zero-order valence-electron chi connectivity index (χ0n) is 10.8. The maximum Gasteiger partial charge on any atom is 0.207 e. The highest BCUT2D eigenvalue weighted by molar-refractivity contribution is 9.25. The number of alkyl halides is 4. The summed E-state index contributed by atoms with van der Waals surface area (Å²) in [5, 5.41) is 17.6. The standard InChI is InChI=1S/C12H12Br4N2O3/c13-11(14)9(20-11)7(3-1-5-17)19-8(4-2-6-18)10-12(15,16)21-10/h7-10H,1-4H2. The second-order valence-corrected chi connectivity index (χ2v) is 11.6. The lowest BCUT2D eigenvalue weighted by molar-refractivity contribution is -0.0438. The van der Waals surface area contributed by atoms with Crippen molar-refractivity contribution < 1.29 is 14.2 Å². The van der Waals surface area contributed by atoms with Gasteiger partial charge in [0.25, 0.3) is 0 Å². The first-order chi connectivity index (χ1) is 9.81. The third kappa shape index (κ3) is 4.87. The van der Waals surface area contributed by atoms with Gasteiger partial charge in [0.2, 0.25) is 6.84 Å². The van der Waals surface area contributed by atoms with E-state index >= 15 is 0 Å². The van der Waals surface area contributed by atoms with Crippen molar-refractivity contribution in [2.45, 2.75) is 56.9 Å². The summed E-state index contributed by atoms with van der Waals surface area (Å²) in [7, 11) is 0. The Morgan fingerprint density at radius 2 is 1.24 bits per heavy atom. The Kier molecular flexibility index (Phi) is 6.15. The Labute approximate surface area is 156 Å². The van der Waals surface area contributed by atoms with E-state index in [1.165, 1.54) is 0 Å². The number of halogens is 4. The average Bonchev–Trinajstić information content (AvgIpc) is 3.24. The van der Waals surface area contributed by atoms with Crippen LogP contribution in [0.5, 0.6) is 0 Å². The van der Waals surface area contributed by atoms with Crippen LogP contribution in [0.15, 0.2) is 0 Å². The minimum absolute atomic E-state index is 0.172. The van der Waals surface area contributed by atoms with Crippen LogP contribution in [0.1, 0.15) is 25.7 Å². The van der Waals surface area contributed by atoms with Crippen molar-refractivity contribution >= 4 is 63.7 Å². The Hall–Kier alpha value is 0.780. The molecule has 2 aliphatic heterocycles. The highest BCUT2D eigenvalue weighted by Crippen LogP contribution is 2.54. The Morgan fingerprint density at radius 1 is 0.905 bits per heavy atom. The lowest BCUT2D eigenvalue weighted by Crippen LogP contribution is -2.32. The molecule has 116 valence electrons. The Bertz CT molecular complexity index is 432. The van der Waals surface area contributed by atoms with Crippen LogP contribution in [0.2, 0.25) is 0 Å². The van der Waals surface area contributed by atoms with Gasteiger partial charge in [-0.3, -0.25) is 0 Å². The third-order valence-corrected chi connectivity index (χ3v) is 5.78. The molecule has 5 nitrogen and oxygen atoms in total. The summed E-state index contributed by atoms with van der Waals surface area (Å²) in [6.07, 6.45) is 1.05. The minimum Gasteiger partial charge on any atom is -0.369 e. The van der Waals surface area contributed by atoms with E-state index in [1.54, 1.807) is 0 Å². The first kappa shape index (κ1) is 18.1. The molecular weight excluding hydrogens is 540 g/mol. The normalized spacial score (nSPS) is 30.8. The van der Waals surface area contributed by atoms with Gasteiger partial charge in [0, 0.05) is 12.8 Å². The summed E-state index contributed by atoms with van der Waals surface area (Å²) in [5.74, 6) is 0. The van der Waals surface area contributed by atoms with Gasteiger partial charge in [-0.05, 0) is 76.6 Å². The number of hydrogen-bond acceptors (Lipinski definition) is 5. The van der Waals surface area contributed by atoms with Crippen molar-refractivity contribution in [1.29, 1.82) is 10.5 Å². The maximum absolute atomic E-state index is 8.78. The van der Waals surface area contributed by atoms with Crippen LogP contribution in [0.25, 0.3) is 0 Å². The van der Waals surface area contributed by atoms with E-state index in [2.05, 4.69) is 75.9 Å². The fraction of sp³-hybridized carbons (Fsp3) is 0.833. The maximum atomic E-state index is 8.78. The number of epoxide rings is 2. The largest absolute Gasteiger partial charge is 0.369 e. The smallest absolute Gasteiger partial charge is 0.207 e. The van der Waals surface area contributed by atoms with Crippen LogP contribution >= 0.6 is 63.7 Å². The first-order valence-corrected chi connectivity index (χ1v) is 9.49. The van der Waals surface area contributed by atoms with E-state index in [4.69, 9.17) is 24.7 Å². The van der Waals surface area contributed by atoms with Crippen LogP contribution in [0.3, 0.4) is 0 Å². The molecule has 0 spiro atoms. The second kappa shape index (κ2) is 7.12. The molecule has 4 unspecified atom stereocenters. The van der Waals surface area contributed by atoms with Crippen LogP contribution in [-0.2, 0) is 14.2 Å². The molecule has 0 bridgehead atoms. The van der Waals surface area contributed by atoms with Crippen LogP contribution in [0.4, 0.5) is 0 Å². The van der Waals surface area contributed by atoms with E-state index in [0.29, 0.717) is 25.7 Å². The molecule has 0 aromatic carbocycles. The molecule has 0 aliphatic carbocycles. The predicted octanol–water partition coefficient (Wildman–Crippen LogP) is 4.03. The first-order valence-electron chi connectivity index (χ1n) is 6.32. The fourth-order valence-corrected chi connectivity index (χ4v) is 4.06. The van der Waals surface area contributed by atoms with Gasteiger partial charge in [-0.15, -0.1) is 0 Å². The third-order valence-electron chi connectivity index (χ3n) is 3.22. The fourth-order valence-electron chi connectivity index (χ4n) is 2.07. The predicted molar refractivity (Wildman–Crippen MR) is 89.3 cm³/mol. The summed E-state index contributed by atoms with van der Waals surface area (Å²) in [6, 6.07) is 4.23. The molecule has 0 aromatic heterocycles. The number of rotatable bonds is 8. The molecule has 21 heavy (non-hydrogen) atoms. The van der Waals surface area contributed by atoms with Crippen molar-refractivity contribution in [1.82, 2.24) is 0 Å². The van der Waals surface area contributed by atoms with Gasteiger partial charge >= 0.3 is 0 Å². The molecule has 0 amide bonds. The molecular formula is C12H12Br4N2O3. The lowest BCUT2D eigenvalue weighted by atomic mass is 10.1. The molecule has 0 aromatic rings. The van der Waals surface area contributed by atoms with Crippen molar-refractivity contribution in [2.75, 3.05) is 0 Å². The average molecular weight is 552 g/mol. The van der Waals surface area contributed by atoms with Crippen molar-refractivity contribution in [3.05, 3.63) is 0 Å². The SMILES string of the molecule is N#CCCC(OC(CCC#N)C1OC1(Br)Br)C1OC1(Br)Br. The molecule has 2 fully saturated rings. The summed E-state index contributed by atoms with van der Waals surface area (Å²) in [5.41, 5.74) is 0. The summed E-state index contributed by atoms with van der Waals surface area (Å²) < 4.78 is 15.9. The molecule has 2 heterocycles. The van der Waals surface area contributed by atoms with Crippen LogP contribution in [-0.4, -0.2) is 31.3 Å². The van der Waals surface area contributed by atoms with E-state index < -0.39 is 6.84 Å². The Balaban J connectivity index is 1.98. The monoisotopic (exact) mass is 548 g/mol. The molecule has 2 saturated heterocycles. The lowest BCUT2D eigenvalue weighted by Gasteiger charge is -2.22. The zero-order valence-corrected chi connectivity index (χ0v) is 17.1. The zero-order chi connectivity index (χ0) is 15.7. The summed E-state index contributed by atoms with van der Waals surface area (Å²) in [4.78, 5) is 0. The molecule has 2 aliphatic rings. The molecule has 2 rings (SSSR count). The molecule has 0 radical (unpaired) electrons. The number of hydrogen-bond donors (Lipinski definition) is 0. The van der Waals surface area contributed by atoms with Gasteiger partial charge in [0.05, 0.1) is 24.3 Å². The molecule has 0 N–H and O–H groups in total. The van der Waals surface area contributed by atoms with Gasteiger partial charge in [0.1, 0.15) is 12.2 Å². The number of nitrogens with zero attached hydrogens (tertiary/aromatic N) is 2. The topological polar surface area (TPSA) is 81.9 Å². The van der Waals surface area contributed by atoms with Gasteiger partial charge in [-0.2, -0.15) is 10.5 Å². The number of nitriles is 2. The van der Waals surface area contributed by atoms with Gasteiger partial charge in [-0.1, -0.05) is 0 Å². The Morgan fingerprint density at radius 3 is 1.48 bits per heavy atom. The van der Waals surface area contributed by atoms with Gasteiger partial charge in [0.15, 0.2) is 0 Å². The minimum atomic E-state index is -0.579. The van der Waals surface area contributed by atoms with E-state index in [9.17, 15) is 0 Å². The number of ether oxygens (including phenoxy) is 3.